The molecule has 5 nitrogen and oxygen atoms in total. The zero-order valence-electron chi connectivity index (χ0n) is 18.2. The number of hydrogen-bond acceptors (Lipinski definition) is 3. The molecular formula is C25H26Cl2N2O3S. The number of amides is 1. The standard InChI is InChI=1S/C25H26Cl2N2O3S/c1-2-19(15-20-7-4-3-5-8-20)17-28-25(30)18-29(23-10-6-9-22(27)16-23)33(31,32)24-13-11-21(26)12-14-24/h3-14,16,19H,2,15,17-18H2,1H3,(H,28,30). The maximum Gasteiger partial charge on any atom is 0.264 e. The van der Waals surface area contributed by atoms with Crippen molar-refractivity contribution in [3.63, 3.8) is 0 Å². The lowest BCUT2D eigenvalue weighted by Gasteiger charge is -2.25. The molecule has 3 rings (SSSR count). The van der Waals surface area contributed by atoms with Crippen molar-refractivity contribution in [3.05, 3.63) is 94.5 Å². The van der Waals surface area contributed by atoms with Gasteiger partial charge in [-0.15, -0.1) is 0 Å². The second-order valence-electron chi connectivity index (χ2n) is 7.71. The summed E-state index contributed by atoms with van der Waals surface area (Å²) in [6.45, 7) is 2.16. The first-order chi connectivity index (χ1) is 15.8. The van der Waals surface area contributed by atoms with Crippen molar-refractivity contribution in [2.45, 2.75) is 24.7 Å². The quantitative estimate of drug-likeness (QED) is 0.392. The van der Waals surface area contributed by atoms with Crippen molar-refractivity contribution in [2.75, 3.05) is 17.4 Å². The molecule has 3 aromatic rings. The van der Waals surface area contributed by atoms with E-state index in [0.717, 1.165) is 17.1 Å². The zero-order chi connectivity index (χ0) is 23.8. The predicted octanol–water partition coefficient (Wildman–Crippen LogP) is 5.57. The number of nitrogens with one attached hydrogen (secondary N) is 1. The normalized spacial score (nSPS) is 12.2. The van der Waals surface area contributed by atoms with Gasteiger partial charge in [0.2, 0.25) is 5.91 Å². The molecular weight excluding hydrogens is 479 g/mol. The van der Waals surface area contributed by atoms with E-state index in [2.05, 4.69) is 24.4 Å². The summed E-state index contributed by atoms with van der Waals surface area (Å²) in [4.78, 5) is 12.9. The number of anilines is 1. The predicted molar refractivity (Wildman–Crippen MR) is 134 cm³/mol. The van der Waals surface area contributed by atoms with Crippen molar-refractivity contribution in [1.82, 2.24) is 5.32 Å². The molecule has 33 heavy (non-hydrogen) atoms. The SMILES string of the molecule is CCC(CNC(=O)CN(c1cccc(Cl)c1)S(=O)(=O)c1ccc(Cl)cc1)Cc1ccccc1. The number of carbonyl (C=O) groups is 1. The van der Waals surface area contributed by atoms with Crippen molar-refractivity contribution in [1.29, 1.82) is 0 Å². The number of hydrogen-bond donors (Lipinski definition) is 1. The Labute approximate surface area is 205 Å². The van der Waals surface area contributed by atoms with Crippen LogP contribution in [0.15, 0.2) is 83.8 Å². The molecule has 0 saturated carbocycles. The van der Waals surface area contributed by atoms with Gasteiger partial charge in [0.25, 0.3) is 10.0 Å². The van der Waals surface area contributed by atoms with Gasteiger partial charge in [-0.05, 0) is 60.4 Å². The molecule has 0 radical (unpaired) electrons. The molecule has 0 fully saturated rings. The number of sulfonamides is 1. The Morgan fingerprint density at radius 3 is 2.27 bits per heavy atom. The van der Waals surface area contributed by atoms with Crippen LogP contribution in [-0.4, -0.2) is 27.4 Å². The van der Waals surface area contributed by atoms with Crippen molar-refractivity contribution < 1.29 is 13.2 Å². The van der Waals surface area contributed by atoms with E-state index in [-0.39, 0.29) is 23.3 Å². The molecule has 0 saturated heterocycles. The fourth-order valence-electron chi connectivity index (χ4n) is 3.43. The average Bonchev–Trinajstić information content (AvgIpc) is 2.81. The molecule has 0 aliphatic carbocycles. The first-order valence-corrected chi connectivity index (χ1v) is 12.8. The minimum absolute atomic E-state index is 0.0372. The van der Waals surface area contributed by atoms with E-state index in [4.69, 9.17) is 23.2 Å². The summed E-state index contributed by atoms with van der Waals surface area (Å²) in [7, 11) is -4.02. The van der Waals surface area contributed by atoms with Crippen LogP contribution in [0.4, 0.5) is 5.69 Å². The van der Waals surface area contributed by atoms with Crippen LogP contribution in [0.1, 0.15) is 18.9 Å². The molecule has 0 aliphatic heterocycles. The van der Waals surface area contributed by atoms with Gasteiger partial charge in [-0.3, -0.25) is 9.10 Å². The molecule has 174 valence electrons. The number of rotatable bonds is 10. The molecule has 1 amide bonds. The van der Waals surface area contributed by atoms with Gasteiger partial charge in [-0.2, -0.15) is 0 Å². The maximum atomic E-state index is 13.4. The summed E-state index contributed by atoms with van der Waals surface area (Å²) < 4.78 is 27.8. The van der Waals surface area contributed by atoms with Gasteiger partial charge >= 0.3 is 0 Å². The summed E-state index contributed by atoms with van der Waals surface area (Å²) >= 11 is 12.0. The number of halogens is 2. The van der Waals surface area contributed by atoms with Crippen LogP contribution in [0.25, 0.3) is 0 Å². The van der Waals surface area contributed by atoms with Crippen molar-refractivity contribution in [3.8, 4) is 0 Å². The van der Waals surface area contributed by atoms with Gasteiger partial charge < -0.3 is 5.32 Å². The summed E-state index contributed by atoms with van der Waals surface area (Å²) in [6.07, 6.45) is 1.72. The number of carbonyl (C=O) groups excluding carboxylic acids is 1. The lowest BCUT2D eigenvalue weighted by Crippen LogP contribution is -2.42. The van der Waals surface area contributed by atoms with Gasteiger partial charge in [0.15, 0.2) is 0 Å². The molecule has 3 aromatic carbocycles. The molecule has 0 aliphatic rings. The Morgan fingerprint density at radius 2 is 1.64 bits per heavy atom. The number of nitrogens with zero attached hydrogens (tertiary/aromatic N) is 1. The Hall–Kier alpha value is -2.54. The molecule has 0 heterocycles. The third kappa shape index (κ3) is 6.97. The van der Waals surface area contributed by atoms with Crippen LogP contribution in [0.5, 0.6) is 0 Å². The zero-order valence-corrected chi connectivity index (χ0v) is 20.6. The monoisotopic (exact) mass is 504 g/mol. The van der Waals surface area contributed by atoms with E-state index in [1.54, 1.807) is 18.2 Å². The van der Waals surface area contributed by atoms with E-state index in [0.29, 0.717) is 22.3 Å². The molecule has 1 unspecified atom stereocenters. The lowest BCUT2D eigenvalue weighted by atomic mass is 9.97. The summed E-state index contributed by atoms with van der Waals surface area (Å²) in [5, 5.41) is 3.70. The molecule has 0 bridgehead atoms. The third-order valence-corrected chi connectivity index (χ3v) is 7.59. The van der Waals surface area contributed by atoms with Crippen LogP contribution >= 0.6 is 23.2 Å². The first-order valence-electron chi connectivity index (χ1n) is 10.6. The van der Waals surface area contributed by atoms with Gasteiger partial charge in [0, 0.05) is 16.6 Å². The topological polar surface area (TPSA) is 66.5 Å². The Balaban J connectivity index is 1.77. The maximum absolute atomic E-state index is 13.4. The minimum atomic E-state index is -4.02. The molecule has 0 aromatic heterocycles. The molecule has 1 N–H and O–H groups in total. The van der Waals surface area contributed by atoms with Gasteiger partial charge in [-0.25, -0.2) is 8.42 Å². The minimum Gasteiger partial charge on any atom is -0.354 e. The highest BCUT2D eigenvalue weighted by molar-refractivity contribution is 7.92. The highest BCUT2D eigenvalue weighted by atomic mass is 35.5. The van der Waals surface area contributed by atoms with Crippen molar-refractivity contribution in [2.24, 2.45) is 5.92 Å². The largest absolute Gasteiger partial charge is 0.354 e. The van der Waals surface area contributed by atoms with Crippen LogP contribution in [0, 0.1) is 5.92 Å². The van der Waals surface area contributed by atoms with Crippen molar-refractivity contribution >= 4 is 44.8 Å². The second kappa shape index (κ2) is 11.5. The summed E-state index contributed by atoms with van der Waals surface area (Å²) in [5.41, 5.74) is 1.51. The van der Waals surface area contributed by atoms with Crippen LogP contribution in [0.2, 0.25) is 10.0 Å². The number of benzene rings is 3. The van der Waals surface area contributed by atoms with Crippen LogP contribution in [0.3, 0.4) is 0 Å². The van der Waals surface area contributed by atoms with E-state index < -0.39 is 10.0 Å². The Morgan fingerprint density at radius 1 is 0.939 bits per heavy atom. The average molecular weight is 505 g/mol. The fourth-order valence-corrected chi connectivity index (χ4v) is 5.16. The summed E-state index contributed by atoms with van der Waals surface area (Å²) in [5.74, 6) is -0.150. The Bertz CT molecular complexity index is 1170. The molecule has 1 atom stereocenters. The first kappa shape index (κ1) is 25.1. The highest BCUT2D eigenvalue weighted by Crippen LogP contribution is 2.26. The van der Waals surface area contributed by atoms with Gasteiger partial charge in [0.05, 0.1) is 10.6 Å². The van der Waals surface area contributed by atoms with E-state index in [1.165, 1.54) is 35.9 Å². The van der Waals surface area contributed by atoms with E-state index in [9.17, 15) is 13.2 Å². The third-order valence-electron chi connectivity index (χ3n) is 5.32. The summed E-state index contributed by atoms with van der Waals surface area (Å²) in [6, 6.07) is 22.3. The van der Waals surface area contributed by atoms with Crippen LogP contribution < -0.4 is 9.62 Å². The molecule has 0 spiro atoms. The fraction of sp³-hybridized carbons (Fsp3) is 0.240. The van der Waals surface area contributed by atoms with Gasteiger partial charge in [-0.1, -0.05) is 72.9 Å². The van der Waals surface area contributed by atoms with Crippen LogP contribution in [-0.2, 0) is 21.2 Å². The highest BCUT2D eigenvalue weighted by Gasteiger charge is 2.27. The van der Waals surface area contributed by atoms with E-state index >= 15 is 0 Å². The lowest BCUT2D eigenvalue weighted by molar-refractivity contribution is -0.119. The molecule has 8 heteroatoms. The van der Waals surface area contributed by atoms with E-state index in [1.807, 2.05) is 18.2 Å². The Kier molecular flexibility index (Phi) is 8.78. The smallest absolute Gasteiger partial charge is 0.264 e. The van der Waals surface area contributed by atoms with Gasteiger partial charge in [0.1, 0.15) is 6.54 Å². The second-order valence-corrected chi connectivity index (χ2v) is 10.4.